The van der Waals surface area contributed by atoms with Crippen LogP contribution >= 0.6 is 0 Å². The van der Waals surface area contributed by atoms with E-state index in [0.29, 0.717) is 5.56 Å². The van der Waals surface area contributed by atoms with Crippen molar-refractivity contribution in [1.82, 2.24) is 15.4 Å². The third-order valence-corrected chi connectivity index (χ3v) is 3.87. The SMILES string of the molecule is COC(=O)c1n[nH]nc1C(=O)c1cc(C)c(C)c(C)c1C. The topological polar surface area (TPSA) is 84.9 Å². The van der Waals surface area contributed by atoms with Gasteiger partial charge in [-0.15, -0.1) is 5.10 Å². The summed E-state index contributed by atoms with van der Waals surface area (Å²) in [6.07, 6.45) is 0. The summed E-state index contributed by atoms with van der Waals surface area (Å²) in [5.74, 6) is -1.03. The van der Waals surface area contributed by atoms with Crippen LogP contribution in [0.4, 0.5) is 0 Å². The molecule has 110 valence electrons. The summed E-state index contributed by atoms with van der Waals surface area (Å²) in [5, 5.41) is 9.79. The number of nitrogens with zero attached hydrogens (tertiary/aromatic N) is 2. The number of esters is 1. The second kappa shape index (κ2) is 5.47. The van der Waals surface area contributed by atoms with E-state index in [9.17, 15) is 9.59 Å². The molecule has 0 amide bonds. The van der Waals surface area contributed by atoms with Crippen LogP contribution in [0.2, 0.25) is 0 Å². The van der Waals surface area contributed by atoms with Gasteiger partial charge >= 0.3 is 5.97 Å². The molecule has 1 heterocycles. The third kappa shape index (κ3) is 2.44. The highest BCUT2D eigenvalue weighted by Gasteiger charge is 2.25. The molecule has 2 aromatic rings. The quantitative estimate of drug-likeness (QED) is 0.690. The molecule has 0 radical (unpaired) electrons. The van der Waals surface area contributed by atoms with Crippen LogP contribution in [-0.2, 0) is 4.74 Å². The van der Waals surface area contributed by atoms with E-state index in [1.807, 2.05) is 33.8 Å². The second-order valence-corrected chi connectivity index (χ2v) is 4.96. The Bertz CT molecular complexity index is 732. The van der Waals surface area contributed by atoms with Crippen LogP contribution in [-0.4, -0.2) is 34.3 Å². The molecular weight excluding hydrogens is 270 g/mol. The van der Waals surface area contributed by atoms with Gasteiger partial charge in [-0.2, -0.15) is 10.3 Å². The van der Waals surface area contributed by atoms with Gasteiger partial charge in [0, 0.05) is 5.56 Å². The molecule has 0 bridgehead atoms. The largest absolute Gasteiger partial charge is 0.464 e. The Hall–Kier alpha value is -2.50. The van der Waals surface area contributed by atoms with Crippen LogP contribution in [0.3, 0.4) is 0 Å². The summed E-state index contributed by atoms with van der Waals surface area (Å²) in [5.41, 5.74) is 4.50. The zero-order valence-electron chi connectivity index (χ0n) is 12.7. The van der Waals surface area contributed by atoms with Gasteiger partial charge in [0.05, 0.1) is 7.11 Å². The number of rotatable bonds is 3. The number of benzene rings is 1. The van der Waals surface area contributed by atoms with Gasteiger partial charge in [-0.05, 0) is 56.0 Å². The normalized spacial score (nSPS) is 10.5. The van der Waals surface area contributed by atoms with E-state index in [0.717, 1.165) is 22.3 Å². The lowest BCUT2D eigenvalue weighted by atomic mass is 9.91. The predicted octanol–water partition coefficient (Wildman–Crippen LogP) is 2.06. The van der Waals surface area contributed by atoms with Crippen molar-refractivity contribution in [2.45, 2.75) is 27.7 Å². The Balaban J connectivity index is 2.57. The van der Waals surface area contributed by atoms with Crippen molar-refractivity contribution in [3.05, 3.63) is 45.3 Å². The summed E-state index contributed by atoms with van der Waals surface area (Å²) in [6, 6.07) is 1.82. The van der Waals surface area contributed by atoms with Gasteiger partial charge in [-0.1, -0.05) is 0 Å². The number of nitrogens with one attached hydrogen (secondary N) is 1. The minimum Gasteiger partial charge on any atom is -0.464 e. The van der Waals surface area contributed by atoms with E-state index in [2.05, 4.69) is 20.1 Å². The second-order valence-electron chi connectivity index (χ2n) is 4.96. The van der Waals surface area contributed by atoms with E-state index < -0.39 is 5.97 Å². The summed E-state index contributed by atoms with van der Waals surface area (Å²) >= 11 is 0. The van der Waals surface area contributed by atoms with E-state index in [-0.39, 0.29) is 17.2 Å². The van der Waals surface area contributed by atoms with Crippen LogP contribution in [0.15, 0.2) is 6.07 Å². The fourth-order valence-electron chi connectivity index (χ4n) is 2.20. The maximum Gasteiger partial charge on any atom is 0.361 e. The maximum atomic E-state index is 12.7. The Morgan fingerprint density at radius 3 is 2.24 bits per heavy atom. The van der Waals surface area contributed by atoms with Crippen molar-refractivity contribution < 1.29 is 14.3 Å². The number of H-pyrrole nitrogens is 1. The number of aryl methyl sites for hydroxylation is 1. The molecule has 0 unspecified atom stereocenters. The molecule has 2 rings (SSSR count). The fourth-order valence-corrected chi connectivity index (χ4v) is 2.20. The van der Waals surface area contributed by atoms with E-state index in [1.165, 1.54) is 7.11 Å². The summed E-state index contributed by atoms with van der Waals surface area (Å²) < 4.78 is 4.60. The van der Waals surface area contributed by atoms with Crippen LogP contribution in [0.5, 0.6) is 0 Å². The monoisotopic (exact) mass is 287 g/mol. The van der Waals surface area contributed by atoms with Gasteiger partial charge < -0.3 is 4.74 Å². The zero-order chi connectivity index (χ0) is 15.7. The van der Waals surface area contributed by atoms with E-state index >= 15 is 0 Å². The van der Waals surface area contributed by atoms with Crippen molar-refractivity contribution in [2.75, 3.05) is 7.11 Å². The van der Waals surface area contributed by atoms with Crippen LogP contribution < -0.4 is 0 Å². The minimum absolute atomic E-state index is 0.0207. The molecule has 0 aliphatic carbocycles. The van der Waals surface area contributed by atoms with Crippen LogP contribution in [0.25, 0.3) is 0 Å². The maximum absolute atomic E-state index is 12.7. The lowest BCUT2D eigenvalue weighted by molar-refractivity contribution is 0.0590. The number of carbonyl (C=O) groups excluding carboxylic acids is 2. The Labute approximate surface area is 122 Å². The molecule has 0 aliphatic rings. The van der Waals surface area contributed by atoms with Crippen LogP contribution in [0, 0.1) is 27.7 Å². The number of hydrogen-bond donors (Lipinski definition) is 1. The number of ether oxygens (including phenoxy) is 1. The first-order valence-corrected chi connectivity index (χ1v) is 6.49. The molecule has 1 aromatic carbocycles. The van der Waals surface area contributed by atoms with Gasteiger partial charge in [0.2, 0.25) is 11.5 Å². The molecule has 0 saturated heterocycles. The lowest BCUT2D eigenvalue weighted by Crippen LogP contribution is -2.13. The third-order valence-electron chi connectivity index (χ3n) is 3.87. The number of aromatic amines is 1. The fraction of sp³-hybridized carbons (Fsp3) is 0.333. The molecule has 0 atom stereocenters. The van der Waals surface area contributed by atoms with Gasteiger partial charge in [-0.3, -0.25) is 4.79 Å². The Kier molecular flexibility index (Phi) is 3.88. The molecule has 1 aromatic heterocycles. The number of methoxy groups -OCH3 is 1. The van der Waals surface area contributed by atoms with Crippen LogP contribution in [0.1, 0.15) is 48.8 Å². The standard InChI is InChI=1S/C15H17N3O3/c1-7-6-11(10(4)9(3)8(7)2)14(19)12-13(15(20)21-5)17-18-16-12/h6H,1-5H3,(H,16,17,18). The smallest absolute Gasteiger partial charge is 0.361 e. The first-order valence-electron chi connectivity index (χ1n) is 6.49. The zero-order valence-corrected chi connectivity index (χ0v) is 12.7. The molecule has 0 saturated carbocycles. The van der Waals surface area contributed by atoms with Crippen molar-refractivity contribution in [3.63, 3.8) is 0 Å². The number of aromatic nitrogens is 3. The van der Waals surface area contributed by atoms with Gasteiger partial charge in [-0.25, -0.2) is 4.79 Å². The first kappa shape index (κ1) is 14.9. The number of ketones is 1. The van der Waals surface area contributed by atoms with Gasteiger partial charge in [0.15, 0.2) is 5.69 Å². The first-order chi connectivity index (χ1) is 9.88. The molecule has 0 aliphatic heterocycles. The molecule has 1 N–H and O–H groups in total. The number of hydrogen-bond acceptors (Lipinski definition) is 5. The highest BCUT2D eigenvalue weighted by atomic mass is 16.5. The molecule has 0 fully saturated rings. The minimum atomic E-state index is -0.690. The lowest BCUT2D eigenvalue weighted by Gasteiger charge is -2.12. The highest BCUT2D eigenvalue weighted by molar-refractivity contribution is 6.13. The Morgan fingerprint density at radius 2 is 1.62 bits per heavy atom. The predicted molar refractivity (Wildman–Crippen MR) is 76.5 cm³/mol. The van der Waals surface area contributed by atoms with E-state index in [1.54, 1.807) is 0 Å². The summed E-state index contributed by atoms with van der Waals surface area (Å²) in [4.78, 5) is 24.3. The van der Waals surface area contributed by atoms with Crippen molar-refractivity contribution >= 4 is 11.8 Å². The molecule has 21 heavy (non-hydrogen) atoms. The molecule has 6 heteroatoms. The van der Waals surface area contributed by atoms with Crippen molar-refractivity contribution in [3.8, 4) is 0 Å². The summed E-state index contributed by atoms with van der Waals surface area (Å²) in [7, 11) is 1.23. The molecular formula is C15H17N3O3. The highest BCUT2D eigenvalue weighted by Crippen LogP contribution is 2.23. The van der Waals surface area contributed by atoms with Gasteiger partial charge in [0.25, 0.3) is 0 Å². The molecule has 0 spiro atoms. The van der Waals surface area contributed by atoms with Gasteiger partial charge in [0.1, 0.15) is 0 Å². The number of carbonyl (C=O) groups is 2. The molecule has 6 nitrogen and oxygen atoms in total. The average Bonchev–Trinajstić information content (AvgIpc) is 2.96. The summed E-state index contributed by atoms with van der Waals surface area (Å²) in [6.45, 7) is 7.82. The van der Waals surface area contributed by atoms with Crippen molar-refractivity contribution in [2.24, 2.45) is 0 Å². The average molecular weight is 287 g/mol. The Morgan fingerprint density at radius 1 is 1.00 bits per heavy atom. The van der Waals surface area contributed by atoms with Crippen molar-refractivity contribution in [1.29, 1.82) is 0 Å². The van der Waals surface area contributed by atoms with E-state index in [4.69, 9.17) is 0 Å².